The molecule has 1 saturated carbocycles. The van der Waals surface area contributed by atoms with Gasteiger partial charge in [-0.25, -0.2) is 0 Å². The van der Waals surface area contributed by atoms with Gasteiger partial charge in [-0.05, 0) is 32.9 Å². The number of nitrogens with zero attached hydrogens (tertiary/aromatic N) is 1. The van der Waals surface area contributed by atoms with Crippen LogP contribution in [0.4, 0.5) is 0 Å². The average molecular weight is 171 g/mol. The van der Waals surface area contributed by atoms with Crippen molar-refractivity contribution in [2.45, 2.75) is 51.6 Å². The van der Waals surface area contributed by atoms with Crippen molar-refractivity contribution in [1.29, 1.82) is 0 Å². The lowest BCUT2D eigenvalue weighted by atomic mass is 10.2. The molecular formula is C9H21NSi. The molecule has 0 aromatic heterocycles. The van der Waals surface area contributed by atoms with Crippen LogP contribution in [0.5, 0.6) is 0 Å². The van der Waals surface area contributed by atoms with Gasteiger partial charge in [0.05, 0.1) is 0 Å². The molecule has 11 heavy (non-hydrogen) atoms. The molecule has 0 aliphatic heterocycles. The van der Waals surface area contributed by atoms with Crippen LogP contribution in [0.25, 0.3) is 0 Å². The molecule has 0 amide bonds. The van der Waals surface area contributed by atoms with Crippen LogP contribution in [-0.2, 0) is 0 Å². The van der Waals surface area contributed by atoms with Crippen LogP contribution in [0.1, 0.15) is 39.5 Å². The molecule has 0 unspecified atom stereocenters. The van der Waals surface area contributed by atoms with E-state index in [1.165, 1.54) is 42.1 Å². The molecule has 66 valence electrons. The second-order valence-corrected chi connectivity index (χ2v) is 4.49. The summed E-state index contributed by atoms with van der Waals surface area (Å²) in [6.45, 7) is 4.66. The molecule has 0 bridgehead atoms. The van der Waals surface area contributed by atoms with Crippen molar-refractivity contribution in [2.75, 3.05) is 6.17 Å². The smallest absolute Gasteiger partial charge is 0.0205 e. The SMILES string of the molecule is CC(C)N(C[SiH3])C1CCCC1. The van der Waals surface area contributed by atoms with Gasteiger partial charge in [0.2, 0.25) is 0 Å². The summed E-state index contributed by atoms with van der Waals surface area (Å²) >= 11 is 0. The minimum Gasteiger partial charge on any atom is -0.302 e. The predicted molar refractivity (Wildman–Crippen MR) is 54.0 cm³/mol. The maximum Gasteiger partial charge on any atom is 0.0205 e. The first-order valence-corrected chi connectivity index (χ1v) is 6.43. The molecule has 1 fully saturated rings. The molecule has 0 aromatic carbocycles. The van der Waals surface area contributed by atoms with Gasteiger partial charge in [0.1, 0.15) is 0 Å². The Labute approximate surface area is 73.6 Å². The topological polar surface area (TPSA) is 3.24 Å². The van der Waals surface area contributed by atoms with Crippen molar-refractivity contribution >= 4 is 10.2 Å². The van der Waals surface area contributed by atoms with Crippen LogP contribution in [-0.4, -0.2) is 33.4 Å². The van der Waals surface area contributed by atoms with E-state index < -0.39 is 0 Å². The Morgan fingerprint density at radius 2 is 1.91 bits per heavy atom. The first kappa shape index (κ1) is 9.27. The van der Waals surface area contributed by atoms with Crippen LogP contribution >= 0.6 is 0 Å². The monoisotopic (exact) mass is 171 g/mol. The fraction of sp³-hybridized carbons (Fsp3) is 1.00. The molecule has 0 spiro atoms. The van der Waals surface area contributed by atoms with Crippen LogP contribution in [0, 0.1) is 0 Å². The second-order valence-electron chi connectivity index (χ2n) is 3.86. The third-order valence-electron chi connectivity index (χ3n) is 2.82. The standard InChI is InChI=1S/C9H21NSi/c1-8(2)10(7-11)9-5-3-4-6-9/h8-9H,3-7H2,1-2,11H3. The van der Waals surface area contributed by atoms with Crippen molar-refractivity contribution in [3.63, 3.8) is 0 Å². The first-order valence-electron chi connectivity index (χ1n) is 5.01. The van der Waals surface area contributed by atoms with E-state index >= 15 is 0 Å². The average Bonchev–Trinajstić information content (AvgIpc) is 2.40. The largest absolute Gasteiger partial charge is 0.302 e. The van der Waals surface area contributed by atoms with E-state index in [4.69, 9.17) is 0 Å². The molecule has 0 heterocycles. The Kier molecular flexibility index (Phi) is 3.59. The molecule has 0 radical (unpaired) electrons. The highest BCUT2D eigenvalue weighted by molar-refractivity contribution is 6.08. The van der Waals surface area contributed by atoms with Gasteiger partial charge in [0.15, 0.2) is 0 Å². The summed E-state index contributed by atoms with van der Waals surface area (Å²) in [6.07, 6.45) is 7.22. The van der Waals surface area contributed by atoms with E-state index in [0.717, 1.165) is 12.1 Å². The quantitative estimate of drug-likeness (QED) is 0.572. The highest BCUT2D eigenvalue weighted by atomic mass is 28.1. The molecule has 1 aliphatic carbocycles. The van der Waals surface area contributed by atoms with Crippen molar-refractivity contribution < 1.29 is 0 Å². The number of hydrogen-bond donors (Lipinski definition) is 0. The first-order chi connectivity index (χ1) is 5.25. The predicted octanol–water partition coefficient (Wildman–Crippen LogP) is 0.962. The van der Waals surface area contributed by atoms with Crippen molar-refractivity contribution in [2.24, 2.45) is 0 Å². The Hall–Kier alpha value is 0.177. The summed E-state index contributed by atoms with van der Waals surface area (Å²) < 4.78 is 0. The van der Waals surface area contributed by atoms with Gasteiger partial charge in [0.25, 0.3) is 0 Å². The minimum atomic E-state index is 0.774. The molecule has 0 saturated heterocycles. The summed E-state index contributed by atoms with van der Waals surface area (Å²) in [5.41, 5.74) is 0. The molecule has 0 aromatic rings. The van der Waals surface area contributed by atoms with E-state index in [-0.39, 0.29) is 0 Å². The fourth-order valence-corrected chi connectivity index (χ4v) is 3.53. The minimum absolute atomic E-state index is 0.774. The van der Waals surface area contributed by atoms with Crippen LogP contribution in [0.3, 0.4) is 0 Å². The van der Waals surface area contributed by atoms with Gasteiger partial charge in [0, 0.05) is 22.3 Å². The summed E-state index contributed by atoms with van der Waals surface area (Å²) in [5, 5.41) is 0. The Morgan fingerprint density at radius 3 is 2.27 bits per heavy atom. The molecule has 1 nitrogen and oxygen atoms in total. The molecular weight excluding hydrogens is 150 g/mol. The van der Waals surface area contributed by atoms with E-state index in [1.807, 2.05) is 0 Å². The number of rotatable bonds is 3. The Morgan fingerprint density at radius 1 is 1.36 bits per heavy atom. The molecule has 2 heteroatoms. The molecule has 1 rings (SSSR count). The Bertz CT molecular complexity index is 108. The van der Waals surface area contributed by atoms with Gasteiger partial charge >= 0.3 is 0 Å². The van der Waals surface area contributed by atoms with Gasteiger partial charge in [-0.1, -0.05) is 12.8 Å². The zero-order valence-electron chi connectivity index (χ0n) is 8.14. The van der Waals surface area contributed by atoms with E-state index in [2.05, 4.69) is 18.7 Å². The summed E-state index contributed by atoms with van der Waals surface area (Å²) in [6, 6.07) is 1.71. The zero-order chi connectivity index (χ0) is 8.27. The molecule has 0 atom stereocenters. The zero-order valence-corrected chi connectivity index (χ0v) is 10.1. The van der Waals surface area contributed by atoms with Crippen LogP contribution in [0.15, 0.2) is 0 Å². The van der Waals surface area contributed by atoms with Crippen LogP contribution < -0.4 is 0 Å². The van der Waals surface area contributed by atoms with E-state index in [9.17, 15) is 0 Å². The van der Waals surface area contributed by atoms with Crippen molar-refractivity contribution in [3.8, 4) is 0 Å². The third kappa shape index (κ3) is 2.31. The molecule has 0 N–H and O–H groups in total. The highest BCUT2D eigenvalue weighted by Crippen LogP contribution is 2.24. The third-order valence-corrected chi connectivity index (χ3v) is 3.55. The second kappa shape index (κ2) is 4.26. The summed E-state index contributed by atoms with van der Waals surface area (Å²) in [7, 11) is 1.33. The maximum atomic E-state index is 2.69. The van der Waals surface area contributed by atoms with E-state index in [0.29, 0.717) is 0 Å². The van der Waals surface area contributed by atoms with E-state index in [1.54, 1.807) is 0 Å². The van der Waals surface area contributed by atoms with Gasteiger partial charge in [-0.15, -0.1) is 0 Å². The highest BCUT2D eigenvalue weighted by Gasteiger charge is 2.22. The Balaban J connectivity index is 2.40. The summed E-state index contributed by atoms with van der Waals surface area (Å²) in [5.74, 6) is 0. The van der Waals surface area contributed by atoms with Crippen molar-refractivity contribution in [3.05, 3.63) is 0 Å². The maximum absolute atomic E-state index is 2.69. The molecule has 1 aliphatic rings. The van der Waals surface area contributed by atoms with Gasteiger partial charge < -0.3 is 4.90 Å². The number of hydrogen-bond acceptors (Lipinski definition) is 1. The normalized spacial score (nSPS) is 20.7. The summed E-state index contributed by atoms with van der Waals surface area (Å²) in [4.78, 5) is 2.69. The van der Waals surface area contributed by atoms with Gasteiger partial charge in [-0.3, -0.25) is 0 Å². The fourth-order valence-electron chi connectivity index (χ4n) is 2.28. The van der Waals surface area contributed by atoms with Crippen LogP contribution in [0.2, 0.25) is 0 Å². The van der Waals surface area contributed by atoms with Crippen molar-refractivity contribution in [1.82, 2.24) is 4.90 Å². The lowest BCUT2D eigenvalue weighted by Gasteiger charge is -2.31. The van der Waals surface area contributed by atoms with Gasteiger partial charge in [-0.2, -0.15) is 0 Å². The lowest BCUT2D eigenvalue weighted by molar-refractivity contribution is 0.185. The lowest BCUT2D eigenvalue weighted by Crippen LogP contribution is -2.39.